The summed E-state index contributed by atoms with van der Waals surface area (Å²) < 4.78 is 6.61. The van der Waals surface area contributed by atoms with Crippen molar-refractivity contribution in [3.05, 3.63) is 65.2 Å². The summed E-state index contributed by atoms with van der Waals surface area (Å²) in [5, 5.41) is 5.72. The number of ether oxygens (including phenoxy) is 1. The van der Waals surface area contributed by atoms with Crippen LogP contribution in [0.15, 0.2) is 42.6 Å². The summed E-state index contributed by atoms with van der Waals surface area (Å²) in [6, 6.07) is 11.1. The molecule has 0 bridgehead atoms. The fourth-order valence-electron chi connectivity index (χ4n) is 2.93. The minimum absolute atomic E-state index is 0.180. The monoisotopic (exact) mass is 380 g/mol. The number of anilines is 1. The van der Waals surface area contributed by atoms with Crippen molar-refractivity contribution < 1.29 is 14.3 Å². The van der Waals surface area contributed by atoms with E-state index in [9.17, 15) is 9.59 Å². The second-order valence-corrected chi connectivity index (χ2v) is 6.54. The molecule has 0 unspecified atom stereocenters. The second kappa shape index (κ2) is 8.67. The van der Waals surface area contributed by atoms with Crippen molar-refractivity contribution in [1.29, 1.82) is 0 Å². The Morgan fingerprint density at radius 3 is 2.71 bits per heavy atom. The van der Waals surface area contributed by atoms with Crippen LogP contribution >= 0.6 is 0 Å². The molecular formula is C21H24N4O3. The van der Waals surface area contributed by atoms with Crippen LogP contribution in [0.4, 0.5) is 5.69 Å². The first-order valence-corrected chi connectivity index (χ1v) is 9.14. The number of amides is 2. The van der Waals surface area contributed by atoms with Crippen LogP contribution in [0.5, 0.6) is 0 Å². The molecule has 1 aromatic carbocycles. The molecule has 0 radical (unpaired) electrons. The maximum atomic E-state index is 12.9. The molecule has 0 saturated heterocycles. The number of nitrogens with one attached hydrogen (secondary N) is 2. The molecule has 28 heavy (non-hydrogen) atoms. The molecule has 0 aliphatic heterocycles. The molecular weight excluding hydrogens is 356 g/mol. The minimum Gasteiger partial charge on any atom is -0.385 e. The van der Waals surface area contributed by atoms with E-state index < -0.39 is 0 Å². The molecule has 3 aromatic rings. The predicted molar refractivity (Wildman–Crippen MR) is 108 cm³/mol. The third kappa shape index (κ3) is 4.04. The number of carbonyl (C=O) groups excluding carboxylic acids is 2. The van der Waals surface area contributed by atoms with Gasteiger partial charge in [0.15, 0.2) is 5.69 Å². The van der Waals surface area contributed by atoms with E-state index in [-0.39, 0.29) is 23.3 Å². The number of imidazole rings is 1. The molecule has 7 nitrogen and oxygen atoms in total. The molecule has 0 spiro atoms. The fraction of sp³-hybridized carbons (Fsp3) is 0.286. The van der Waals surface area contributed by atoms with Crippen molar-refractivity contribution in [3.8, 4) is 0 Å². The quantitative estimate of drug-likeness (QED) is 0.617. The maximum Gasteiger partial charge on any atom is 0.287 e. The highest BCUT2D eigenvalue weighted by molar-refractivity contribution is 6.09. The lowest BCUT2D eigenvalue weighted by Crippen LogP contribution is -2.27. The fourth-order valence-corrected chi connectivity index (χ4v) is 2.93. The van der Waals surface area contributed by atoms with Crippen LogP contribution in [0, 0.1) is 13.8 Å². The molecule has 2 N–H and O–H groups in total. The van der Waals surface area contributed by atoms with Crippen molar-refractivity contribution in [1.82, 2.24) is 14.7 Å². The zero-order valence-electron chi connectivity index (χ0n) is 16.3. The smallest absolute Gasteiger partial charge is 0.287 e. The van der Waals surface area contributed by atoms with Crippen LogP contribution < -0.4 is 10.6 Å². The summed E-state index contributed by atoms with van der Waals surface area (Å²) in [7, 11) is 1.62. The van der Waals surface area contributed by atoms with Gasteiger partial charge in [-0.2, -0.15) is 0 Å². The Morgan fingerprint density at radius 2 is 1.93 bits per heavy atom. The molecule has 146 valence electrons. The van der Waals surface area contributed by atoms with Crippen LogP contribution in [0.3, 0.4) is 0 Å². The Hall–Kier alpha value is -3.19. The van der Waals surface area contributed by atoms with E-state index in [1.54, 1.807) is 29.8 Å². The first-order chi connectivity index (χ1) is 13.5. The number of hydrogen-bond donors (Lipinski definition) is 2. The lowest BCUT2D eigenvalue weighted by atomic mass is 10.1. The first kappa shape index (κ1) is 19.6. The Balaban J connectivity index is 1.88. The third-order valence-corrected chi connectivity index (χ3v) is 4.63. The highest BCUT2D eigenvalue weighted by Crippen LogP contribution is 2.20. The molecule has 0 fully saturated rings. The van der Waals surface area contributed by atoms with E-state index in [1.807, 2.05) is 38.1 Å². The maximum absolute atomic E-state index is 12.9. The van der Waals surface area contributed by atoms with Crippen LogP contribution in [-0.2, 0) is 4.74 Å². The van der Waals surface area contributed by atoms with Crippen molar-refractivity contribution in [2.75, 3.05) is 25.6 Å². The third-order valence-electron chi connectivity index (χ3n) is 4.63. The van der Waals surface area contributed by atoms with Gasteiger partial charge in [0.05, 0.1) is 5.52 Å². The largest absolute Gasteiger partial charge is 0.385 e. The van der Waals surface area contributed by atoms with Crippen LogP contribution in [0.2, 0.25) is 0 Å². The molecule has 0 aliphatic rings. The number of rotatable bonds is 7. The number of fused-ring (bicyclic) bond motifs is 1. The van der Waals surface area contributed by atoms with Gasteiger partial charge in [-0.1, -0.05) is 18.2 Å². The van der Waals surface area contributed by atoms with Gasteiger partial charge in [-0.3, -0.25) is 14.0 Å². The van der Waals surface area contributed by atoms with E-state index in [2.05, 4.69) is 15.6 Å². The SMILES string of the molecule is COCCCNC(=O)c1nc(C(=O)Nc2cccc(C)c2C)c2ccccn12. The normalized spacial score (nSPS) is 10.8. The number of pyridine rings is 1. The van der Waals surface area contributed by atoms with Crippen molar-refractivity contribution in [2.24, 2.45) is 0 Å². The summed E-state index contributed by atoms with van der Waals surface area (Å²) in [4.78, 5) is 29.8. The molecule has 0 saturated carbocycles. The van der Waals surface area contributed by atoms with Crippen molar-refractivity contribution in [3.63, 3.8) is 0 Å². The lowest BCUT2D eigenvalue weighted by Gasteiger charge is -2.09. The Labute approximate surface area is 163 Å². The number of carbonyl (C=O) groups is 2. The van der Waals surface area contributed by atoms with Gasteiger partial charge in [-0.15, -0.1) is 0 Å². The average molecular weight is 380 g/mol. The van der Waals surface area contributed by atoms with Crippen molar-refractivity contribution in [2.45, 2.75) is 20.3 Å². The van der Waals surface area contributed by atoms with Gasteiger partial charge in [-0.05, 0) is 49.6 Å². The Kier molecular flexibility index (Phi) is 6.06. The number of aromatic nitrogens is 2. The number of methoxy groups -OCH3 is 1. The van der Waals surface area contributed by atoms with Crippen LogP contribution in [0.1, 0.15) is 38.7 Å². The predicted octanol–water partition coefficient (Wildman–Crippen LogP) is 2.97. The van der Waals surface area contributed by atoms with E-state index in [1.165, 1.54) is 0 Å². The van der Waals surface area contributed by atoms with E-state index in [4.69, 9.17) is 4.74 Å². The number of nitrogens with zero attached hydrogens (tertiary/aromatic N) is 2. The van der Waals surface area contributed by atoms with Gasteiger partial charge in [0.1, 0.15) is 0 Å². The highest BCUT2D eigenvalue weighted by atomic mass is 16.5. The second-order valence-electron chi connectivity index (χ2n) is 6.54. The molecule has 0 aliphatic carbocycles. The highest BCUT2D eigenvalue weighted by Gasteiger charge is 2.21. The van der Waals surface area contributed by atoms with Gasteiger partial charge in [0.2, 0.25) is 5.82 Å². The molecule has 2 heterocycles. The zero-order valence-corrected chi connectivity index (χ0v) is 16.3. The summed E-state index contributed by atoms with van der Waals surface area (Å²) >= 11 is 0. The van der Waals surface area contributed by atoms with Crippen LogP contribution in [0.25, 0.3) is 5.52 Å². The van der Waals surface area contributed by atoms with Crippen molar-refractivity contribution >= 4 is 23.0 Å². The molecule has 7 heteroatoms. The summed E-state index contributed by atoms with van der Waals surface area (Å²) in [5.41, 5.74) is 3.60. The van der Waals surface area contributed by atoms with Gasteiger partial charge >= 0.3 is 0 Å². The molecule has 2 amide bonds. The average Bonchev–Trinajstić information content (AvgIpc) is 3.08. The van der Waals surface area contributed by atoms with Gasteiger partial charge in [0.25, 0.3) is 11.8 Å². The lowest BCUT2D eigenvalue weighted by molar-refractivity contribution is 0.0937. The standard InChI is InChI=1S/C21H24N4O3/c1-14-8-6-9-16(15(14)2)23-20(26)18-17-10-4-5-12-25(17)19(24-18)21(27)22-11-7-13-28-3/h4-6,8-10,12H,7,11,13H2,1-3H3,(H,22,27)(H,23,26). The summed E-state index contributed by atoms with van der Waals surface area (Å²) in [6.07, 6.45) is 2.42. The number of hydrogen-bond acceptors (Lipinski definition) is 4. The van der Waals surface area contributed by atoms with Gasteiger partial charge < -0.3 is 15.4 Å². The zero-order chi connectivity index (χ0) is 20.1. The molecule has 0 atom stereocenters. The molecule has 3 rings (SSSR count). The van der Waals surface area contributed by atoms with E-state index in [0.29, 0.717) is 25.1 Å². The van der Waals surface area contributed by atoms with Gasteiger partial charge in [-0.25, -0.2) is 4.98 Å². The van der Waals surface area contributed by atoms with E-state index in [0.717, 1.165) is 16.8 Å². The number of benzene rings is 1. The summed E-state index contributed by atoms with van der Waals surface area (Å²) in [6.45, 7) is 4.97. The van der Waals surface area contributed by atoms with Gasteiger partial charge in [0, 0.05) is 32.1 Å². The molecule has 2 aromatic heterocycles. The minimum atomic E-state index is -0.351. The topological polar surface area (TPSA) is 84.7 Å². The number of aryl methyl sites for hydroxylation is 1. The van der Waals surface area contributed by atoms with Crippen LogP contribution in [-0.4, -0.2) is 41.5 Å². The summed E-state index contributed by atoms with van der Waals surface area (Å²) in [5.74, 6) is -0.502. The Morgan fingerprint density at radius 1 is 1.11 bits per heavy atom. The Bertz CT molecular complexity index is 1010. The first-order valence-electron chi connectivity index (χ1n) is 9.14. The van der Waals surface area contributed by atoms with E-state index >= 15 is 0 Å².